The van der Waals surface area contributed by atoms with Crippen LogP contribution in [0.4, 0.5) is 13.2 Å². The number of hydrogen-bond acceptors (Lipinski definition) is 2. The Morgan fingerprint density at radius 1 is 1.13 bits per heavy atom. The molecule has 30 heavy (non-hydrogen) atoms. The Balaban J connectivity index is 1.78. The van der Waals surface area contributed by atoms with Crippen molar-refractivity contribution >= 4 is 58.4 Å². The van der Waals surface area contributed by atoms with E-state index in [4.69, 9.17) is 46.4 Å². The maximum atomic E-state index is 13.6. The lowest BCUT2D eigenvalue weighted by molar-refractivity contribution is -0.139. The molecule has 1 saturated carbocycles. The van der Waals surface area contributed by atoms with Crippen molar-refractivity contribution in [3.05, 3.63) is 67.4 Å². The highest BCUT2D eigenvalue weighted by Crippen LogP contribution is 2.41. The molecule has 1 N–H and O–H groups in total. The molecule has 160 valence electrons. The highest BCUT2D eigenvalue weighted by atomic mass is 35.5. The van der Waals surface area contributed by atoms with Gasteiger partial charge in [0.25, 0.3) is 0 Å². The number of alkyl halides is 3. The Kier molecular flexibility index (Phi) is 7.23. The number of amides is 1. The van der Waals surface area contributed by atoms with Crippen molar-refractivity contribution in [2.45, 2.75) is 31.5 Å². The number of allylic oxidation sites excluding steroid dienone is 1. The van der Waals surface area contributed by atoms with Gasteiger partial charge in [0.2, 0.25) is 5.91 Å². The average Bonchev–Trinajstić information content (AvgIpc) is 3.49. The molecule has 1 aromatic heterocycles. The molecule has 0 radical (unpaired) electrons. The monoisotopic (exact) mass is 496 g/mol. The maximum Gasteiger partial charge on any atom is 0.399 e. The van der Waals surface area contributed by atoms with Crippen molar-refractivity contribution in [3.8, 4) is 0 Å². The van der Waals surface area contributed by atoms with Crippen LogP contribution in [0, 0.1) is 5.92 Å². The van der Waals surface area contributed by atoms with Crippen molar-refractivity contribution in [1.29, 1.82) is 0 Å². The van der Waals surface area contributed by atoms with Gasteiger partial charge in [0, 0.05) is 12.1 Å². The van der Waals surface area contributed by atoms with Gasteiger partial charge in [-0.05, 0) is 42.2 Å². The Morgan fingerprint density at radius 3 is 2.30 bits per heavy atom. The first-order valence-corrected chi connectivity index (χ1v) is 10.4. The van der Waals surface area contributed by atoms with Gasteiger partial charge in [0.15, 0.2) is 0 Å². The Hall–Kier alpha value is -1.47. The van der Waals surface area contributed by atoms with Crippen LogP contribution in [-0.2, 0) is 11.3 Å². The van der Waals surface area contributed by atoms with E-state index in [9.17, 15) is 18.0 Å². The quantitative estimate of drug-likeness (QED) is 0.433. The summed E-state index contributed by atoms with van der Waals surface area (Å²) in [6, 6.07) is 3.75. The topological polar surface area (TPSA) is 42.0 Å². The minimum Gasteiger partial charge on any atom is -0.350 e. The summed E-state index contributed by atoms with van der Waals surface area (Å²) in [6.45, 7) is 0.158. The summed E-state index contributed by atoms with van der Waals surface area (Å²) < 4.78 is 40.8. The maximum absolute atomic E-state index is 13.6. The normalized spacial score (nSPS) is 15.4. The molecule has 1 unspecified atom stereocenters. The van der Waals surface area contributed by atoms with Crippen LogP contribution < -0.4 is 5.32 Å². The predicted molar refractivity (Wildman–Crippen MR) is 113 cm³/mol. The van der Waals surface area contributed by atoms with Crippen LogP contribution in [-0.4, -0.2) is 17.1 Å². The highest BCUT2D eigenvalue weighted by Gasteiger charge is 2.39. The van der Waals surface area contributed by atoms with Gasteiger partial charge < -0.3 is 5.32 Å². The summed E-state index contributed by atoms with van der Waals surface area (Å²) in [5.74, 6) is -1.95. The molecule has 10 heteroatoms. The number of hydrogen-bond donors (Lipinski definition) is 1. The van der Waals surface area contributed by atoms with Crippen molar-refractivity contribution < 1.29 is 18.0 Å². The summed E-state index contributed by atoms with van der Waals surface area (Å²) >= 11 is 23.8. The van der Waals surface area contributed by atoms with Gasteiger partial charge in [-0.3, -0.25) is 9.78 Å². The van der Waals surface area contributed by atoms with Crippen molar-refractivity contribution in [2.75, 3.05) is 0 Å². The molecular formula is C20H15Cl4F3N2O. The molecule has 1 heterocycles. The lowest BCUT2D eigenvalue weighted by atomic mass is 9.97. The van der Waals surface area contributed by atoms with Gasteiger partial charge >= 0.3 is 6.18 Å². The standard InChI is InChI=1S/C20H15Cl4F3N2O/c21-14-5-10(8-28-17(14)9-29-19(30)11-2-3-11)1-4-13(20(25,26)27)12-6-15(22)18(24)16(23)7-12/h1,4-8,11,13H,2-3,9H2,(H,29,30)/b4-1+. The molecule has 1 aliphatic rings. The van der Waals surface area contributed by atoms with E-state index in [1.807, 2.05) is 0 Å². The molecule has 1 aliphatic carbocycles. The summed E-state index contributed by atoms with van der Waals surface area (Å²) in [4.78, 5) is 15.8. The van der Waals surface area contributed by atoms with E-state index in [1.165, 1.54) is 18.3 Å². The SMILES string of the molecule is O=C(NCc1ncc(/C=C/C(c2cc(Cl)c(Cl)c(Cl)c2)C(F)(F)F)cc1Cl)C1CC1. The number of carbonyl (C=O) groups excluding carboxylic acids is 1. The largest absolute Gasteiger partial charge is 0.399 e. The van der Waals surface area contributed by atoms with Crippen molar-refractivity contribution in [3.63, 3.8) is 0 Å². The van der Waals surface area contributed by atoms with Crippen LogP contribution in [0.5, 0.6) is 0 Å². The zero-order valence-electron chi connectivity index (χ0n) is 15.2. The van der Waals surface area contributed by atoms with E-state index in [0.29, 0.717) is 11.3 Å². The summed E-state index contributed by atoms with van der Waals surface area (Å²) in [7, 11) is 0. The van der Waals surface area contributed by atoms with Gasteiger partial charge in [-0.15, -0.1) is 0 Å². The number of rotatable bonds is 6. The van der Waals surface area contributed by atoms with Crippen LogP contribution in [0.3, 0.4) is 0 Å². The molecule has 1 atom stereocenters. The number of benzene rings is 1. The number of halogens is 7. The fraction of sp³-hybridized carbons (Fsp3) is 0.300. The number of carbonyl (C=O) groups is 1. The van der Waals surface area contributed by atoms with Crippen LogP contribution in [0.2, 0.25) is 20.1 Å². The Morgan fingerprint density at radius 2 is 1.77 bits per heavy atom. The van der Waals surface area contributed by atoms with Gasteiger partial charge in [-0.2, -0.15) is 13.2 Å². The van der Waals surface area contributed by atoms with Crippen LogP contribution in [0.15, 0.2) is 30.5 Å². The third-order valence-electron chi connectivity index (χ3n) is 4.52. The van der Waals surface area contributed by atoms with Crippen molar-refractivity contribution in [2.24, 2.45) is 5.92 Å². The lowest BCUT2D eigenvalue weighted by Crippen LogP contribution is -2.24. The second kappa shape index (κ2) is 9.35. The number of pyridine rings is 1. The molecule has 0 aliphatic heterocycles. The molecule has 0 spiro atoms. The number of nitrogens with one attached hydrogen (secondary N) is 1. The molecular weight excluding hydrogens is 483 g/mol. The van der Waals surface area contributed by atoms with Gasteiger partial charge in [0.05, 0.1) is 38.2 Å². The summed E-state index contributed by atoms with van der Waals surface area (Å²) in [6.07, 6.45) is 0.789. The first kappa shape index (κ1) is 23.2. The summed E-state index contributed by atoms with van der Waals surface area (Å²) in [5, 5.41) is 2.85. The predicted octanol–water partition coefficient (Wildman–Crippen LogP) is 7.08. The minimum atomic E-state index is -4.58. The second-order valence-corrected chi connectivity index (χ2v) is 8.47. The fourth-order valence-corrected chi connectivity index (χ4v) is 3.59. The molecule has 1 amide bonds. The van der Waals surface area contributed by atoms with Crippen molar-refractivity contribution in [1.82, 2.24) is 10.3 Å². The molecule has 0 bridgehead atoms. The number of nitrogens with zero attached hydrogens (tertiary/aromatic N) is 1. The third kappa shape index (κ3) is 5.82. The van der Waals surface area contributed by atoms with E-state index >= 15 is 0 Å². The fourth-order valence-electron chi connectivity index (χ4n) is 2.73. The molecule has 1 fully saturated rings. The molecule has 1 aromatic carbocycles. The van der Waals surface area contributed by atoms with Gasteiger partial charge in [-0.1, -0.05) is 58.6 Å². The average molecular weight is 498 g/mol. The highest BCUT2D eigenvalue weighted by molar-refractivity contribution is 6.48. The molecule has 2 aromatic rings. The molecule has 0 saturated heterocycles. The van der Waals surface area contributed by atoms with E-state index in [2.05, 4.69) is 10.3 Å². The Labute approximate surface area is 191 Å². The van der Waals surface area contributed by atoms with Gasteiger partial charge in [0.1, 0.15) is 0 Å². The van der Waals surface area contributed by atoms with E-state index in [-0.39, 0.29) is 44.0 Å². The minimum absolute atomic E-state index is 0.00710. The van der Waals surface area contributed by atoms with Gasteiger partial charge in [-0.25, -0.2) is 0 Å². The number of aromatic nitrogens is 1. The lowest BCUT2D eigenvalue weighted by Gasteiger charge is -2.18. The smallest absolute Gasteiger partial charge is 0.350 e. The second-order valence-electron chi connectivity index (χ2n) is 6.87. The zero-order chi connectivity index (χ0) is 22.1. The van der Waals surface area contributed by atoms with E-state index in [1.54, 1.807) is 0 Å². The first-order valence-electron chi connectivity index (χ1n) is 8.87. The van der Waals surface area contributed by atoms with Crippen LogP contribution in [0.1, 0.15) is 35.6 Å². The van der Waals surface area contributed by atoms with Crippen LogP contribution >= 0.6 is 46.4 Å². The zero-order valence-corrected chi connectivity index (χ0v) is 18.3. The molecule has 3 rings (SSSR count). The van der Waals surface area contributed by atoms with Crippen LogP contribution in [0.25, 0.3) is 6.08 Å². The summed E-state index contributed by atoms with van der Waals surface area (Å²) in [5.41, 5.74) is 0.667. The molecule has 3 nitrogen and oxygen atoms in total. The Bertz CT molecular complexity index is 967. The van der Waals surface area contributed by atoms with E-state index < -0.39 is 12.1 Å². The first-order chi connectivity index (χ1) is 14.1. The third-order valence-corrected chi connectivity index (χ3v) is 6.04. The van der Waals surface area contributed by atoms with E-state index in [0.717, 1.165) is 31.1 Å².